The minimum Gasteiger partial charge on any atom is -0.458 e. The SMILES string of the molecule is C=CC(=O)OCc1ccc(C#Cc2ccc(-c3ccc(COC(=O)C=C)cc3)c(COC(=O)C(=C)C)c2COC(=O)C(=C)C)cc1. The Hall–Kier alpha value is -5.94. The fourth-order valence-electron chi connectivity index (χ4n) is 3.96. The molecule has 0 atom stereocenters. The van der Waals surface area contributed by atoms with Crippen LogP contribution in [0.4, 0.5) is 0 Å². The van der Waals surface area contributed by atoms with Crippen LogP contribution < -0.4 is 0 Å². The molecular weight excluding hydrogens is 584 g/mol. The van der Waals surface area contributed by atoms with Gasteiger partial charge in [-0.2, -0.15) is 0 Å². The van der Waals surface area contributed by atoms with Gasteiger partial charge in [0.2, 0.25) is 0 Å². The third kappa shape index (κ3) is 10.1. The number of rotatable bonds is 13. The summed E-state index contributed by atoms with van der Waals surface area (Å²) in [5, 5.41) is 0. The summed E-state index contributed by atoms with van der Waals surface area (Å²) in [5.41, 5.74) is 5.87. The van der Waals surface area contributed by atoms with Crippen molar-refractivity contribution >= 4 is 23.9 Å². The first-order valence-corrected chi connectivity index (χ1v) is 14.1. The van der Waals surface area contributed by atoms with Crippen LogP contribution in [0.1, 0.15) is 47.2 Å². The summed E-state index contributed by atoms with van der Waals surface area (Å²) in [6.45, 7) is 17.1. The summed E-state index contributed by atoms with van der Waals surface area (Å²) in [7, 11) is 0. The highest BCUT2D eigenvalue weighted by molar-refractivity contribution is 5.88. The lowest BCUT2D eigenvalue weighted by Crippen LogP contribution is -2.12. The normalized spacial score (nSPS) is 9.96. The van der Waals surface area contributed by atoms with Gasteiger partial charge in [-0.25, -0.2) is 19.2 Å². The van der Waals surface area contributed by atoms with Crippen LogP contribution in [0.2, 0.25) is 0 Å². The molecule has 0 aliphatic carbocycles. The summed E-state index contributed by atoms with van der Waals surface area (Å²) in [4.78, 5) is 47.7. The van der Waals surface area contributed by atoms with Gasteiger partial charge in [-0.05, 0) is 54.3 Å². The van der Waals surface area contributed by atoms with Gasteiger partial charge in [0.05, 0.1) is 0 Å². The number of carbonyl (C=O) groups is 4. The van der Waals surface area contributed by atoms with Crippen LogP contribution in [0.15, 0.2) is 110 Å². The molecular formula is C38H34O8. The molecule has 0 fully saturated rings. The van der Waals surface area contributed by atoms with Gasteiger partial charge in [0.1, 0.15) is 26.4 Å². The topological polar surface area (TPSA) is 105 Å². The van der Waals surface area contributed by atoms with E-state index in [0.29, 0.717) is 22.3 Å². The van der Waals surface area contributed by atoms with Crippen LogP contribution in [0, 0.1) is 11.8 Å². The van der Waals surface area contributed by atoms with Crippen molar-refractivity contribution in [2.75, 3.05) is 0 Å². The first kappa shape index (κ1) is 34.5. The average molecular weight is 619 g/mol. The van der Waals surface area contributed by atoms with E-state index in [1.54, 1.807) is 44.2 Å². The second kappa shape index (κ2) is 16.8. The van der Waals surface area contributed by atoms with Gasteiger partial charge in [0.25, 0.3) is 0 Å². The molecule has 0 saturated carbocycles. The zero-order valence-corrected chi connectivity index (χ0v) is 25.9. The highest BCUT2D eigenvalue weighted by Gasteiger charge is 2.18. The minimum absolute atomic E-state index is 0.0752. The molecule has 3 aromatic carbocycles. The van der Waals surface area contributed by atoms with Gasteiger partial charge >= 0.3 is 23.9 Å². The summed E-state index contributed by atoms with van der Waals surface area (Å²) in [6.07, 6.45) is 2.20. The number of ether oxygens (including phenoxy) is 4. The molecule has 0 spiro atoms. The number of carbonyl (C=O) groups excluding carboxylic acids is 4. The second-order valence-electron chi connectivity index (χ2n) is 10.1. The molecule has 0 aliphatic heterocycles. The third-order valence-corrected chi connectivity index (χ3v) is 6.48. The molecule has 0 unspecified atom stereocenters. The van der Waals surface area contributed by atoms with Crippen LogP contribution in [0.25, 0.3) is 11.1 Å². The zero-order chi connectivity index (χ0) is 33.6. The smallest absolute Gasteiger partial charge is 0.333 e. The van der Waals surface area contributed by atoms with Crippen molar-refractivity contribution in [3.63, 3.8) is 0 Å². The molecule has 0 radical (unpaired) electrons. The Kier molecular flexibility index (Phi) is 12.6. The van der Waals surface area contributed by atoms with Crippen molar-refractivity contribution in [1.82, 2.24) is 0 Å². The summed E-state index contributed by atoms with van der Waals surface area (Å²) in [5.74, 6) is 4.07. The van der Waals surface area contributed by atoms with E-state index in [0.717, 1.165) is 34.4 Å². The van der Waals surface area contributed by atoms with Crippen molar-refractivity contribution < 1.29 is 38.1 Å². The van der Waals surface area contributed by atoms with Crippen molar-refractivity contribution in [2.24, 2.45) is 0 Å². The van der Waals surface area contributed by atoms with Gasteiger partial charge in [0.15, 0.2) is 0 Å². The number of hydrogen-bond donors (Lipinski definition) is 0. The summed E-state index contributed by atoms with van der Waals surface area (Å²) in [6, 6.07) is 18.1. The van der Waals surface area contributed by atoms with E-state index in [9.17, 15) is 19.2 Å². The lowest BCUT2D eigenvalue weighted by Gasteiger charge is -2.18. The Morgan fingerprint density at radius 1 is 0.609 bits per heavy atom. The van der Waals surface area contributed by atoms with Crippen molar-refractivity contribution in [3.8, 4) is 23.0 Å². The highest BCUT2D eigenvalue weighted by atomic mass is 16.5. The molecule has 0 bridgehead atoms. The number of hydrogen-bond acceptors (Lipinski definition) is 8. The maximum atomic E-state index is 12.4. The molecule has 0 amide bonds. The summed E-state index contributed by atoms with van der Waals surface area (Å²) >= 11 is 0. The average Bonchev–Trinajstić information content (AvgIpc) is 3.06. The zero-order valence-electron chi connectivity index (χ0n) is 25.9. The third-order valence-electron chi connectivity index (χ3n) is 6.48. The van der Waals surface area contributed by atoms with Gasteiger partial charge < -0.3 is 18.9 Å². The van der Waals surface area contributed by atoms with Crippen LogP contribution in [0.5, 0.6) is 0 Å². The van der Waals surface area contributed by atoms with E-state index >= 15 is 0 Å². The van der Waals surface area contributed by atoms with E-state index in [2.05, 4.69) is 38.2 Å². The van der Waals surface area contributed by atoms with Crippen molar-refractivity contribution in [2.45, 2.75) is 40.3 Å². The first-order chi connectivity index (χ1) is 22.0. The molecule has 46 heavy (non-hydrogen) atoms. The Balaban J connectivity index is 2.06. The lowest BCUT2D eigenvalue weighted by atomic mass is 9.92. The Bertz CT molecular complexity index is 1730. The monoisotopic (exact) mass is 618 g/mol. The maximum Gasteiger partial charge on any atom is 0.333 e. The predicted molar refractivity (Wildman–Crippen MR) is 174 cm³/mol. The van der Waals surface area contributed by atoms with Gasteiger partial charge in [-0.3, -0.25) is 0 Å². The molecule has 8 nitrogen and oxygen atoms in total. The van der Waals surface area contributed by atoms with Gasteiger partial charge in [0, 0.05) is 45.6 Å². The molecule has 0 heterocycles. The summed E-state index contributed by atoms with van der Waals surface area (Å²) < 4.78 is 21.3. The molecule has 0 aromatic heterocycles. The highest BCUT2D eigenvalue weighted by Crippen LogP contribution is 2.31. The predicted octanol–water partition coefficient (Wildman–Crippen LogP) is 6.45. The molecule has 3 aromatic rings. The molecule has 8 heteroatoms. The molecule has 0 aliphatic rings. The fraction of sp³-hybridized carbons (Fsp3) is 0.158. The molecule has 0 saturated heterocycles. The van der Waals surface area contributed by atoms with Crippen LogP contribution in [-0.4, -0.2) is 23.9 Å². The van der Waals surface area contributed by atoms with Gasteiger partial charge in [-0.1, -0.05) is 80.6 Å². The molecule has 3 rings (SSSR count). The standard InChI is InChI=1S/C38H34O8/c1-7-35(39)43-21-28-11-9-27(10-12-28)13-16-31-19-20-32(30-17-14-29(15-18-30)22-44-36(40)8-2)34(24-46-38(42)26(5)6)33(31)23-45-37(41)25(3)4/h7-12,14-15,17-20H,1-3,5,21-24H2,4,6H3. The maximum absolute atomic E-state index is 12.4. The van der Waals surface area contributed by atoms with Crippen molar-refractivity contribution in [1.29, 1.82) is 0 Å². The van der Waals surface area contributed by atoms with E-state index < -0.39 is 23.9 Å². The van der Waals surface area contributed by atoms with E-state index in [-0.39, 0.29) is 37.6 Å². The van der Waals surface area contributed by atoms with Crippen LogP contribution in [0.3, 0.4) is 0 Å². The van der Waals surface area contributed by atoms with Crippen molar-refractivity contribution in [3.05, 3.63) is 144 Å². The molecule has 0 N–H and O–H groups in total. The lowest BCUT2D eigenvalue weighted by molar-refractivity contribution is -0.141. The quantitative estimate of drug-likeness (QED) is 0.0932. The first-order valence-electron chi connectivity index (χ1n) is 14.1. The van der Waals surface area contributed by atoms with E-state index in [4.69, 9.17) is 18.9 Å². The van der Waals surface area contributed by atoms with E-state index in [1.165, 1.54) is 0 Å². The largest absolute Gasteiger partial charge is 0.458 e. The van der Waals surface area contributed by atoms with Crippen LogP contribution in [-0.2, 0) is 64.6 Å². The number of benzene rings is 3. The van der Waals surface area contributed by atoms with Gasteiger partial charge in [-0.15, -0.1) is 0 Å². The number of esters is 4. The van der Waals surface area contributed by atoms with Crippen LogP contribution >= 0.6 is 0 Å². The Morgan fingerprint density at radius 2 is 1.09 bits per heavy atom. The van der Waals surface area contributed by atoms with E-state index in [1.807, 2.05) is 30.3 Å². The second-order valence-corrected chi connectivity index (χ2v) is 10.1. The fourth-order valence-corrected chi connectivity index (χ4v) is 3.96. The minimum atomic E-state index is -0.583. The molecule has 234 valence electrons. The Labute approximate surface area is 268 Å². The Morgan fingerprint density at radius 3 is 1.57 bits per heavy atom.